The highest BCUT2D eigenvalue weighted by Gasteiger charge is 2.14. The number of anilines is 2. The number of thiazole rings is 1. The lowest BCUT2D eigenvalue weighted by Gasteiger charge is -2.07. The molecule has 0 unspecified atom stereocenters. The van der Waals surface area contributed by atoms with E-state index < -0.39 is 0 Å². The van der Waals surface area contributed by atoms with Crippen LogP contribution in [0.25, 0.3) is 21.7 Å². The van der Waals surface area contributed by atoms with E-state index in [1.54, 1.807) is 42.1 Å². The lowest BCUT2D eigenvalue weighted by molar-refractivity contribution is -0.115. The number of furan rings is 1. The molecule has 0 aliphatic heterocycles. The zero-order valence-corrected chi connectivity index (χ0v) is 17.1. The van der Waals surface area contributed by atoms with E-state index in [1.807, 2.05) is 36.4 Å². The van der Waals surface area contributed by atoms with Crippen molar-refractivity contribution in [1.29, 1.82) is 0 Å². The summed E-state index contributed by atoms with van der Waals surface area (Å²) in [5.41, 5.74) is 2.70. The van der Waals surface area contributed by atoms with Crippen LogP contribution in [0.3, 0.4) is 0 Å². The fourth-order valence-corrected chi connectivity index (χ4v) is 4.07. The van der Waals surface area contributed by atoms with E-state index in [2.05, 4.69) is 15.6 Å². The minimum Gasteiger partial charge on any atom is -0.464 e. The Bertz CT molecular complexity index is 1390. The van der Waals surface area contributed by atoms with E-state index in [9.17, 15) is 9.59 Å². The molecule has 0 bridgehead atoms. The Balaban J connectivity index is 1.30. The summed E-state index contributed by atoms with van der Waals surface area (Å²) < 4.78 is 5.66. The topological polar surface area (TPSA) is 84.2 Å². The molecule has 31 heavy (non-hydrogen) atoms. The van der Waals surface area contributed by atoms with Gasteiger partial charge in [-0.15, -0.1) is 11.3 Å². The summed E-state index contributed by atoms with van der Waals surface area (Å²) in [6.45, 7) is 0. The Kier molecular flexibility index (Phi) is 4.93. The highest BCUT2D eigenvalue weighted by molar-refractivity contribution is 7.13. The predicted octanol–water partition coefficient (Wildman–Crippen LogP) is 5.48. The van der Waals surface area contributed by atoms with Gasteiger partial charge >= 0.3 is 0 Å². The Morgan fingerprint density at radius 2 is 1.81 bits per heavy atom. The molecule has 0 fully saturated rings. The van der Waals surface area contributed by atoms with Crippen LogP contribution in [0, 0.1) is 0 Å². The molecule has 2 heterocycles. The molecule has 0 aliphatic rings. The van der Waals surface area contributed by atoms with Gasteiger partial charge in [0.2, 0.25) is 5.91 Å². The second-order valence-corrected chi connectivity index (χ2v) is 7.91. The zero-order chi connectivity index (χ0) is 21.2. The van der Waals surface area contributed by atoms with Gasteiger partial charge in [-0.25, -0.2) is 4.98 Å². The molecule has 0 saturated carbocycles. The standard InChI is InChI=1S/C24H17N3O3S/c28-21(13-17-14-30-20-10-7-15-3-1-2-4-19(15)22(17)20)26-18-8-5-16(6-9-18)23(29)27-24-25-11-12-31-24/h1-12,14H,13H2,(H,26,28)(H,25,27,29). The largest absolute Gasteiger partial charge is 0.464 e. The SMILES string of the molecule is O=C(Cc1coc2ccc3ccccc3c12)Nc1ccc(C(=O)Nc2nccs2)cc1. The molecular weight excluding hydrogens is 410 g/mol. The molecule has 3 aromatic carbocycles. The van der Waals surface area contributed by atoms with Gasteiger partial charge in [-0.1, -0.05) is 30.3 Å². The van der Waals surface area contributed by atoms with Gasteiger partial charge in [-0.2, -0.15) is 0 Å². The number of hydrogen-bond donors (Lipinski definition) is 2. The lowest BCUT2D eigenvalue weighted by atomic mass is 10.0. The molecular formula is C24H17N3O3S. The van der Waals surface area contributed by atoms with Crippen LogP contribution in [0.2, 0.25) is 0 Å². The van der Waals surface area contributed by atoms with Crippen molar-refractivity contribution in [3.8, 4) is 0 Å². The Labute approximate surface area is 181 Å². The number of nitrogens with zero attached hydrogens (tertiary/aromatic N) is 1. The summed E-state index contributed by atoms with van der Waals surface area (Å²) >= 11 is 1.35. The molecule has 0 radical (unpaired) electrons. The highest BCUT2D eigenvalue weighted by atomic mass is 32.1. The molecule has 0 atom stereocenters. The lowest BCUT2D eigenvalue weighted by Crippen LogP contribution is -2.15. The van der Waals surface area contributed by atoms with Crippen molar-refractivity contribution in [3.63, 3.8) is 0 Å². The van der Waals surface area contributed by atoms with Crippen LogP contribution in [0.5, 0.6) is 0 Å². The molecule has 7 heteroatoms. The molecule has 0 spiro atoms. The average molecular weight is 427 g/mol. The van der Waals surface area contributed by atoms with E-state index in [0.29, 0.717) is 16.4 Å². The third-order valence-electron chi connectivity index (χ3n) is 4.97. The molecule has 6 nitrogen and oxygen atoms in total. The minimum absolute atomic E-state index is 0.157. The van der Waals surface area contributed by atoms with Gasteiger partial charge < -0.3 is 9.73 Å². The van der Waals surface area contributed by atoms with E-state index in [0.717, 1.165) is 27.3 Å². The summed E-state index contributed by atoms with van der Waals surface area (Å²) in [5.74, 6) is -0.403. The summed E-state index contributed by atoms with van der Waals surface area (Å²) in [5, 5.41) is 11.1. The molecule has 2 amide bonds. The van der Waals surface area contributed by atoms with Crippen LogP contribution >= 0.6 is 11.3 Å². The fourth-order valence-electron chi connectivity index (χ4n) is 3.54. The molecule has 2 aromatic heterocycles. The third-order valence-corrected chi connectivity index (χ3v) is 5.66. The first kappa shape index (κ1) is 19.0. The van der Waals surface area contributed by atoms with E-state index in [4.69, 9.17) is 4.42 Å². The van der Waals surface area contributed by atoms with Crippen LogP contribution < -0.4 is 10.6 Å². The van der Waals surface area contributed by atoms with Crippen LogP contribution in [0.4, 0.5) is 10.8 Å². The molecule has 0 aliphatic carbocycles. The van der Waals surface area contributed by atoms with Gasteiger partial charge in [-0.3, -0.25) is 14.9 Å². The van der Waals surface area contributed by atoms with Crippen molar-refractivity contribution in [2.75, 3.05) is 10.6 Å². The Morgan fingerprint density at radius 3 is 2.61 bits per heavy atom. The Hall–Kier alpha value is -3.97. The van der Waals surface area contributed by atoms with Crippen LogP contribution in [0.15, 0.2) is 82.9 Å². The first-order valence-electron chi connectivity index (χ1n) is 9.66. The second-order valence-electron chi connectivity index (χ2n) is 7.01. The first-order valence-corrected chi connectivity index (χ1v) is 10.5. The number of carbonyl (C=O) groups excluding carboxylic acids is 2. The molecule has 0 saturated heterocycles. The predicted molar refractivity (Wildman–Crippen MR) is 123 cm³/mol. The highest BCUT2D eigenvalue weighted by Crippen LogP contribution is 2.30. The number of nitrogens with one attached hydrogen (secondary N) is 2. The van der Waals surface area contributed by atoms with Crippen LogP contribution in [0.1, 0.15) is 15.9 Å². The van der Waals surface area contributed by atoms with Gasteiger partial charge in [0.05, 0.1) is 12.7 Å². The van der Waals surface area contributed by atoms with Gasteiger partial charge in [0, 0.05) is 33.8 Å². The maximum atomic E-state index is 12.7. The number of amides is 2. The van der Waals surface area contributed by atoms with E-state index in [-0.39, 0.29) is 18.2 Å². The third kappa shape index (κ3) is 3.91. The van der Waals surface area contributed by atoms with Crippen molar-refractivity contribution >= 4 is 55.7 Å². The normalized spacial score (nSPS) is 11.0. The molecule has 5 aromatic rings. The summed E-state index contributed by atoms with van der Waals surface area (Å²) in [6.07, 6.45) is 3.46. The van der Waals surface area contributed by atoms with Gasteiger partial charge in [0.1, 0.15) is 5.58 Å². The molecule has 2 N–H and O–H groups in total. The van der Waals surface area contributed by atoms with Crippen molar-refractivity contribution in [3.05, 3.63) is 89.6 Å². The smallest absolute Gasteiger partial charge is 0.257 e. The molecule has 152 valence electrons. The van der Waals surface area contributed by atoms with Crippen molar-refractivity contribution in [1.82, 2.24) is 4.98 Å². The molecule has 5 rings (SSSR count). The van der Waals surface area contributed by atoms with Gasteiger partial charge in [-0.05, 0) is 41.1 Å². The fraction of sp³-hybridized carbons (Fsp3) is 0.0417. The van der Waals surface area contributed by atoms with Crippen LogP contribution in [-0.4, -0.2) is 16.8 Å². The maximum Gasteiger partial charge on any atom is 0.257 e. The van der Waals surface area contributed by atoms with Crippen LogP contribution in [-0.2, 0) is 11.2 Å². The summed E-state index contributed by atoms with van der Waals surface area (Å²) in [4.78, 5) is 28.9. The van der Waals surface area contributed by atoms with Crippen molar-refractivity contribution < 1.29 is 14.0 Å². The number of benzene rings is 3. The van der Waals surface area contributed by atoms with Gasteiger partial charge in [0.15, 0.2) is 5.13 Å². The first-order chi connectivity index (χ1) is 15.2. The van der Waals surface area contributed by atoms with E-state index >= 15 is 0 Å². The number of rotatable bonds is 5. The maximum absolute atomic E-state index is 12.7. The number of fused-ring (bicyclic) bond motifs is 3. The van der Waals surface area contributed by atoms with Gasteiger partial charge in [0.25, 0.3) is 5.91 Å². The number of aromatic nitrogens is 1. The number of carbonyl (C=O) groups is 2. The minimum atomic E-state index is -0.246. The monoisotopic (exact) mass is 427 g/mol. The zero-order valence-electron chi connectivity index (χ0n) is 16.3. The summed E-state index contributed by atoms with van der Waals surface area (Å²) in [6, 6.07) is 18.7. The quantitative estimate of drug-likeness (QED) is 0.389. The van der Waals surface area contributed by atoms with E-state index in [1.165, 1.54) is 11.3 Å². The van der Waals surface area contributed by atoms with Crippen molar-refractivity contribution in [2.45, 2.75) is 6.42 Å². The average Bonchev–Trinajstić information content (AvgIpc) is 3.44. The summed E-state index contributed by atoms with van der Waals surface area (Å²) in [7, 11) is 0. The Morgan fingerprint density at radius 1 is 0.968 bits per heavy atom. The number of hydrogen-bond acceptors (Lipinski definition) is 5. The second kappa shape index (κ2) is 8.04. The van der Waals surface area contributed by atoms with Crippen molar-refractivity contribution in [2.24, 2.45) is 0 Å².